The zero-order chi connectivity index (χ0) is 16.9. The predicted molar refractivity (Wildman–Crippen MR) is 69.8 cm³/mol. The number of amides is 1. The van der Waals surface area contributed by atoms with Crippen LogP contribution in [-0.2, 0) is 15.8 Å². The van der Waals surface area contributed by atoms with Crippen LogP contribution in [0.25, 0.3) is 0 Å². The Hall–Kier alpha value is -2.12. The molecule has 2 N–H and O–H groups in total. The minimum atomic E-state index is -4.53. The molecule has 1 rings (SSSR count). The summed E-state index contributed by atoms with van der Waals surface area (Å²) in [4.78, 5) is 22.0. The van der Waals surface area contributed by atoms with Gasteiger partial charge in [0.15, 0.2) is 0 Å². The van der Waals surface area contributed by atoms with E-state index < -0.39 is 35.8 Å². The summed E-state index contributed by atoms with van der Waals surface area (Å²) >= 11 is 0. The van der Waals surface area contributed by atoms with E-state index >= 15 is 0 Å². The zero-order valence-electron chi connectivity index (χ0n) is 11.7. The molecule has 2 unspecified atom stereocenters. The van der Waals surface area contributed by atoms with E-state index in [0.717, 1.165) is 12.1 Å². The Morgan fingerprint density at radius 3 is 2.23 bits per heavy atom. The van der Waals surface area contributed by atoms with E-state index in [1.54, 1.807) is 0 Å². The summed E-state index contributed by atoms with van der Waals surface area (Å²) in [5.74, 6) is -2.06. The number of benzene rings is 1. The van der Waals surface area contributed by atoms with Crippen molar-refractivity contribution < 1.29 is 32.3 Å². The van der Waals surface area contributed by atoms with Crippen LogP contribution in [0, 0.1) is 0 Å². The average Bonchev–Trinajstić information content (AvgIpc) is 2.43. The van der Waals surface area contributed by atoms with Gasteiger partial charge < -0.3 is 10.4 Å². The maximum absolute atomic E-state index is 13.9. The third kappa shape index (κ3) is 5.34. The lowest BCUT2D eigenvalue weighted by molar-refractivity contribution is -0.138. The normalized spacial score (nSPS) is 14.2. The van der Waals surface area contributed by atoms with Crippen LogP contribution in [0.5, 0.6) is 0 Å². The molecule has 0 bridgehead atoms. The number of aliphatic carboxylic acids is 1. The molecule has 1 aromatic rings. The van der Waals surface area contributed by atoms with Crippen molar-refractivity contribution in [1.82, 2.24) is 5.32 Å². The molecule has 0 spiro atoms. The van der Waals surface area contributed by atoms with Crippen LogP contribution < -0.4 is 5.32 Å². The van der Waals surface area contributed by atoms with E-state index in [0.29, 0.717) is 12.1 Å². The van der Waals surface area contributed by atoms with E-state index in [1.165, 1.54) is 6.92 Å². The maximum atomic E-state index is 13.9. The van der Waals surface area contributed by atoms with Crippen LogP contribution >= 0.6 is 0 Å². The molecule has 0 aliphatic carbocycles. The number of nitrogens with one attached hydrogen (secondary N) is 1. The van der Waals surface area contributed by atoms with Gasteiger partial charge in [-0.3, -0.25) is 9.59 Å². The summed E-state index contributed by atoms with van der Waals surface area (Å²) in [6, 6.07) is 2.63. The van der Waals surface area contributed by atoms with Crippen LogP contribution in [0.3, 0.4) is 0 Å². The molecule has 0 aliphatic rings. The predicted octanol–water partition coefficient (Wildman–Crippen LogP) is 3.09. The molecule has 0 saturated carbocycles. The van der Waals surface area contributed by atoms with E-state index in [1.807, 2.05) is 0 Å². The molecule has 8 heteroatoms. The second kappa shape index (κ2) is 7.24. The van der Waals surface area contributed by atoms with E-state index in [4.69, 9.17) is 5.11 Å². The lowest BCUT2D eigenvalue weighted by atomic mass is 10.1. The molecule has 2 atom stereocenters. The number of hydrogen-bond acceptors (Lipinski definition) is 2. The summed E-state index contributed by atoms with van der Waals surface area (Å²) in [7, 11) is 0. The molecule has 0 radical (unpaired) electrons. The van der Waals surface area contributed by atoms with Crippen molar-refractivity contribution in [2.75, 3.05) is 0 Å². The van der Waals surface area contributed by atoms with Crippen LogP contribution in [0.2, 0.25) is 0 Å². The number of rotatable bonds is 6. The topological polar surface area (TPSA) is 66.4 Å². The summed E-state index contributed by atoms with van der Waals surface area (Å²) in [6.07, 6.45) is -6.70. The molecule has 0 aliphatic heterocycles. The molecule has 0 heterocycles. The molecule has 0 aromatic heterocycles. The summed E-state index contributed by atoms with van der Waals surface area (Å²) < 4.78 is 51.0. The summed E-state index contributed by atoms with van der Waals surface area (Å²) in [6.45, 7) is 1.51. The van der Waals surface area contributed by atoms with Crippen molar-refractivity contribution in [3.05, 3.63) is 35.4 Å². The molecule has 1 amide bonds. The number of carbonyl (C=O) groups is 2. The fourth-order valence-corrected chi connectivity index (χ4v) is 1.72. The van der Waals surface area contributed by atoms with E-state index in [2.05, 4.69) is 5.32 Å². The highest BCUT2D eigenvalue weighted by atomic mass is 19.4. The number of carboxylic acid groups (broad SMARTS) is 1. The minimum absolute atomic E-state index is 0.126. The molecule has 4 nitrogen and oxygen atoms in total. The van der Waals surface area contributed by atoms with Crippen molar-refractivity contribution in [2.24, 2.45) is 0 Å². The van der Waals surface area contributed by atoms with Crippen molar-refractivity contribution >= 4 is 11.9 Å². The van der Waals surface area contributed by atoms with Crippen LogP contribution in [-0.4, -0.2) is 23.0 Å². The Morgan fingerprint density at radius 2 is 1.77 bits per heavy atom. The van der Waals surface area contributed by atoms with Gasteiger partial charge in [-0.2, -0.15) is 13.2 Å². The molecule has 22 heavy (non-hydrogen) atoms. The fraction of sp³-hybridized carbons (Fsp3) is 0.429. The van der Waals surface area contributed by atoms with Gasteiger partial charge in [0.05, 0.1) is 5.56 Å². The zero-order valence-corrected chi connectivity index (χ0v) is 11.7. The van der Waals surface area contributed by atoms with Gasteiger partial charge in [0.25, 0.3) is 5.91 Å². The van der Waals surface area contributed by atoms with Gasteiger partial charge in [-0.05, 0) is 31.0 Å². The Kier molecular flexibility index (Phi) is 5.90. The summed E-state index contributed by atoms with van der Waals surface area (Å²) in [5.41, 5.74) is -1.13. The highest BCUT2D eigenvalue weighted by molar-refractivity contribution is 5.82. The van der Waals surface area contributed by atoms with Gasteiger partial charge in [-0.25, -0.2) is 4.39 Å². The van der Waals surface area contributed by atoms with Gasteiger partial charge in [-0.1, -0.05) is 12.1 Å². The number of halogens is 4. The average molecular weight is 321 g/mol. The first-order valence-electron chi connectivity index (χ1n) is 6.44. The van der Waals surface area contributed by atoms with Crippen LogP contribution in [0.1, 0.15) is 37.1 Å². The second-order valence-corrected chi connectivity index (χ2v) is 4.82. The number of hydrogen-bond donors (Lipinski definition) is 2. The number of carboxylic acids is 1. The molecule has 0 saturated heterocycles. The van der Waals surface area contributed by atoms with Crippen molar-refractivity contribution in [3.8, 4) is 0 Å². The number of alkyl halides is 4. The van der Waals surface area contributed by atoms with Crippen LogP contribution in [0.15, 0.2) is 24.3 Å². The fourth-order valence-electron chi connectivity index (χ4n) is 1.72. The Labute approximate surface area is 124 Å². The first-order valence-corrected chi connectivity index (χ1v) is 6.44. The van der Waals surface area contributed by atoms with Gasteiger partial charge in [0, 0.05) is 12.5 Å². The Bertz CT molecular complexity index is 528. The van der Waals surface area contributed by atoms with Crippen molar-refractivity contribution in [1.29, 1.82) is 0 Å². The minimum Gasteiger partial charge on any atom is -0.481 e. The molecule has 0 fully saturated rings. The lowest BCUT2D eigenvalue weighted by Gasteiger charge is -2.15. The standard InChI is InChI=1S/C14H15F4NO3/c1-8(2-7-11(20)21)19-13(22)12(15)9-3-5-10(6-4-9)14(16,17)18/h3-6,8,12H,2,7H2,1H3,(H,19,22)(H,20,21). The summed E-state index contributed by atoms with van der Waals surface area (Å²) in [5, 5.41) is 10.8. The van der Waals surface area contributed by atoms with Crippen LogP contribution in [0.4, 0.5) is 17.6 Å². The van der Waals surface area contributed by atoms with Gasteiger partial charge in [-0.15, -0.1) is 0 Å². The smallest absolute Gasteiger partial charge is 0.416 e. The third-order valence-corrected chi connectivity index (χ3v) is 2.94. The highest BCUT2D eigenvalue weighted by Crippen LogP contribution is 2.30. The first-order chi connectivity index (χ1) is 10.1. The highest BCUT2D eigenvalue weighted by Gasteiger charge is 2.31. The maximum Gasteiger partial charge on any atom is 0.416 e. The third-order valence-electron chi connectivity index (χ3n) is 2.94. The first kappa shape index (κ1) is 17.9. The van der Waals surface area contributed by atoms with Crippen molar-refractivity contribution in [3.63, 3.8) is 0 Å². The second-order valence-electron chi connectivity index (χ2n) is 4.82. The lowest BCUT2D eigenvalue weighted by Crippen LogP contribution is -2.35. The SMILES string of the molecule is CC(CCC(=O)O)NC(=O)C(F)c1ccc(C(F)(F)F)cc1. The van der Waals surface area contributed by atoms with Gasteiger partial charge >= 0.3 is 12.1 Å². The van der Waals surface area contributed by atoms with E-state index in [-0.39, 0.29) is 18.4 Å². The largest absolute Gasteiger partial charge is 0.481 e. The molecule has 122 valence electrons. The van der Waals surface area contributed by atoms with Gasteiger partial charge in [0.2, 0.25) is 6.17 Å². The monoisotopic (exact) mass is 321 g/mol. The van der Waals surface area contributed by atoms with Crippen molar-refractivity contribution in [2.45, 2.75) is 38.2 Å². The quantitative estimate of drug-likeness (QED) is 0.791. The Balaban J connectivity index is 2.65. The van der Waals surface area contributed by atoms with Gasteiger partial charge in [0.1, 0.15) is 0 Å². The molecule has 1 aromatic carbocycles. The van der Waals surface area contributed by atoms with E-state index in [9.17, 15) is 27.2 Å². The Morgan fingerprint density at radius 1 is 1.23 bits per heavy atom. The molecular formula is C14H15F4NO3. The number of carbonyl (C=O) groups excluding carboxylic acids is 1. The molecular weight excluding hydrogens is 306 g/mol.